The number of methoxy groups -OCH3 is 1. The molecule has 2 unspecified atom stereocenters. The second-order valence-corrected chi connectivity index (χ2v) is 3.70. The second kappa shape index (κ2) is 2.21. The Morgan fingerprint density at radius 1 is 1.40 bits per heavy atom. The highest BCUT2D eigenvalue weighted by atomic mass is 16.5. The van der Waals surface area contributed by atoms with Crippen LogP contribution in [0.25, 0.3) is 0 Å². The van der Waals surface area contributed by atoms with Gasteiger partial charge in [0.2, 0.25) is 0 Å². The average Bonchev–Trinajstić information content (AvgIpc) is 2.44. The molecule has 0 bridgehead atoms. The van der Waals surface area contributed by atoms with Gasteiger partial charge in [-0.25, -0.2) is 0 Å². The Kier molecular flexibility index (Phi) is 1.46. The summed E-state index contributed by atoms with van der Waals surface area (Å²) < 4.78 is 5.09. The van der Waals surface area contributed by atoms with Crippen molar-refractivity contribution >= 4 is 0 Å². The zero-order valence-electron chi connectivity index (χ0n) is 6.42. The molecule has 10 heavy (non-hydrogen) atoms. The minimum absolute atomic E-state index is 0.549. The highest BCUT2D eigenvalue weighted by molar-refractivity contribution is 5.07. The SMILES string of the molecule is COCC1C[C@@H]2C(N)[C@@H]2C1. The molecular formula is C8H15NO. The summed E-state index contributed by atoms with van der Waals surface area (Å²) in [6.45, 7) is 0.944. The largest absolute Gasteiger partial charge is 0.384 e. The fourth-order valence-electron chi connectivity index (χ4n) is 2.38. The van der Waals surface area contributed by atoms with Crippen molar-refractivity contribution in [3.05, 3.63) is 0 Å². The smallest absolute Gasteiger partial charge is 0.0490 e. The first-order chi connectivity index (χ1) is 4.83. The number of fused-ring (bicyclic) bond motifs is 1. The van der Waals surface area contributed by atoms with Crippen LogP contribution in [-0.4, -0.2) is 19.8 Å². The maximum absolute atomic E-state index is 5.79. The van der Waals surface area contributed by atoms with E-state index in [1.807, 2.05) is 0 Å². The first-order valence-electron chi connectivity index (χ1n) is 4.07. The van der Waals surface area contributed by atoms with Crippen molar-refractivity contribution < 1.29 is 4.74 Å². The van der Waals surface area contributed by atoms with Gasteiger partial charge in [-0.2, -0.15) is 0 Å². The van der Waals surface area contributed by atoms with Gasteiger partial charge in [0, 0.05) is 19.8 Å². The van der Waals surface area contributed by atoms with E-state index in [9.17, 15) is 0 Å². The van der Waals surface area contributed by atoms with E-state index in [2.05, 4.69) is 0 Å². The van der Waals surface area contributed by atoms with E-state index in [1.165, 1.54) is 12.8 Å². The van der Waals surface area contributed by atoms with Crippen molar-refractivity contribution in [2.75, 3.05) is 13.7 Å². The Labute approximate surface area is 61.7 Å². The van der Waals surface area contributed by atoms with Crippen molar-refractivity contribution in [2.45, 2.75) is 18.9 Å². The van der Waals surface area contributed by atoms with Gasteiger partial charge in [0.15, 0.2) is 0 Å². The molecular weight excluding hydrogens is 126 g/mol. The Morgan fingerprint density at radius 2 is 2.00 bits per heavy atom. The standard InChI is InChI=1S/C8H15NO/c1-10-4-5-2-6-7(3-5)8(6)9/h5-8H,2-4,9H2,1H3/t5?,6-,7+,8?. The van der Waals surface area contributed by atoms with Gasteiger partial charge in [-0.15, -0.1) is 0 Å². The van der Waals surface area contributed by atoms with Gasteiger partial charge in [0.25, 0.3) is 0 Å². The molecule has 0 aliphatic heterocycles. The molecule has 0 aromatic carbocycles. The molecule has 2 saturated carbocycles. The molecule has 4 atom stereocenters. The summed E-state index contributed by atoms with van der Waals surface area (Å²) in [6, 6.07) is 0.549. The van der Waals surface area contributed by atoms with Crippen molar-refractivity contribution in [2.24, 2.45) is 23.5 Å². The van der Waals surface area contributed by atoms with Crippen LogP contribution in [0.3, 0.4) is 0 Å². The molecule has 2 nitrogen and oxygen atoms in total. The summed E-state index contributed by atoms with van der Waals surface area (Å²) in [5, 5.41) is 0. The monoisotopic (exact) mass is 141 g/mol. The van der Waals surface area contributed by atoms with Crippen LogP contribution in [-0.2, 0) is 4.74 Å². The van der Waals surface area contributed by atoms with Crippen molar-refractivity contribution in [1.29, 1.82) is 0 Å². The average molecular weight is 141 g/mol. The summed E-state index contributed by atoms with van der Waals surface area (Å²) in [7, 11) is 1.78. The molecule has 0 aromatic heterocycles. The lowest BCUT2D eigenvalue weighted by Gasteiger charge is -2.10. The van der Waals surface area contributed by atoms with Crippen LogP contribution in [0.1, 0.15) is 12.8 Å². The minimum atomic E-state index is 0.549. The van der Waals surface area contributed by atoms with Crippen molar-refractivity contribution in [3.8, 4) is 0 Å². The molecule has 2 heteroatoms. The van der Waals surface area contributed by atoms with Crippen LogP contribution in [0.15, 0.2) is 0 Å². The molecule has 0 radical (unpaired) electrons. The van der Waals surface area contributed by atoms with E-state index in [1.54, 1.807) is 7.11 Å². The molecule has 2 aliphatic carbocycles. The van der Waals surface area contributed by atoms with Crippen LogP contribution in [0.2, 0.25) is 0 Å². The van der Waals surface area contributed by atoms with Crippen molar-refractivity contribution in [3.63, 3.8) is 0 Å². The van der Waals surface area contributed by atoms with Crippen LogP contribution in [0.5, 0.6) is 0 Å². The van der Waals surface area contributed by atoms with Gasteiger partial charge in [-0.3, -0.25) is 0 Å². The van der Waals surface area contributed by atoms with E-state index in [4.69, 9.17) is 10.5 Å². The van der Waals surface area contributed by atoms with Gasteiger partial charge in [0.1, 0.15) is 0 Å². The topological polar surface area (TPSA) is 35.2 Å². The summed E-state index contributed by atoms with van der Waals surface area (Å²) in [6.07, 6.45) is 2.64. The normalized spacial score (nSPS) is 51.0. The van der Waals surface area contributed by atoms with Gasteiger partial charge in [-0.05, 0) is 30.6 Å². The number of rotatable bonds is 2. The summed E-state index contributed by atoms with van der Waals surface area (Å²) >= 11 is 0. The van der Waals surface area contributed by atoms with Crippen LogP contribution < -0.4 is 5.73 Å². The van der Waals surface area contributed by atoms with Gasteiger partial charge in [0.05, 0.1) is 0 Å². The van der Waals surface area contributed by atoms with Crippen LogP contribution >= 0.6 is 0 Å². The lowest BCUT2D eigenvalue weighted by molar-refractivity contribution is 0.148. The maximum atomic E-state index is 5.79. The lowest BCUT2D eigenvalue weighted by Crippen LogP contribution is -2.14. The molecule has 58 valence electrons. The zero-order valence-corrected chi connectivity index (χ0v) is 6.42. The molecule has 2 rings (SSSR count). The number of hydrogen-bond donors (Lipinski definition) is 1. The minimum Gasteiger partial charge on any atom is -0.384 e. The quantitative estimate of drug-likeness (QED) is 0.611. The van der Waals surface area contributed by atoms with E-state index < -0.39 is 0 Å². The van der Waals surface area contributed by atoms with E-state index in [0.717, 1.165) is 24.4 Å². The summed E-state index contributed by atoms with van der Waals surface area (Å²) in [4.78, 5) is 0. The fourth-order valence-corrected chi connectivity index (χ4v) is 2.38. The molecule has 0 spiro atoms. The second-order valence-electron chi connectivity index (χ2n) is 3.70. The van der Waals surface area contributed by atoms with Crippen LogP contribution in [0, 0.1) is 17.8 Å². The Bertz CT molecular complexity index is 125. The third-order valence-corrected chi connectivity index (χ3v) is 3.01. The molecule has 0 amide bonds. The third-order valence-electron chi connectivity index (χ3n) is 3.01. The van der Waals surface area contributed by atoms with Gasteiger partial charge >= 0.3 is 0 Å². The zero-order chi connectivity index (χ0) is 7.14. The first kappa shape index (κ1) is 6.62. The molecule has 2 N–H and O–H groups in total. The van der Waals surface area contributed by atoms with Crippen LogP contribution in [0.4, 0.5) is 0 Å². The van der Waals surface area contributed by atoms with E-state index in [-0.39, 0.29) is 0 Å². The first-order valence-corrected chi connectivity index (χ1v) is 4.07. The molecule has 0 saturated heterocycles. The lowest BCUT2D eigenvalue weighted by atomic mass is 10.0. The predicted octanol–water partition coefficient (Wildman–Crippen LogP) is 0.616. The number of hydrogen-bond acceptors (Lipinski definition) is 2. The fraction of sp³-hybridized carbons (Fsp3) is 1.00. The Hall–Kier alpha value is -0.0800. The molecule has 0 heterocycles. The maximum Gasteiger partial charge on any atom is 0.0490 e. The Balaban J connectivity index is 1.79. The molecule has 0 aromatic rings. The van der Waals surface area contributed by atoms with Crippen molar-refractivity contribution in [1.82, 2.24) is 0 Å². The van der Waals surface area contributed by atoms with E-state index >= 15 is 0 Å². The summed E-state index contributed by atoms with van der Waals surface area (Å²) in [5.41, 5.74) is 5.79. The number of nitrogens with two attached hydrogens (primary N) is 1. The molecule has 2 aliphatic rings. The van der Waals surface area contributed by atoms with Gasteiger partial charge in [-0.1, -0.05) is 0 Å². The highest BCUT2D eigenvalue weighted by Gasteiger charge is 2.53. The molecule has 2 fully saturated rings. The summed E-state index contributed by atoms with van der Waals surface area (Å²) in [5.74, 6) is 2.54. The Morgan fingerprint density at radius 3 is 2.50 bits per heavy atom. The predicted molar refractivity (Wildman–Crippen MR) is 39.6 cm³/mol. The number of ether oxygens (including phenoxy) is 1. The third kappa shape index (κ3) is 0.867. The van der Waals surface area contributed by atoms with Gasteiger partial charge < -0.3 is 10.5 Å². The highest BCUT2D eigenvalue weighted by Crippen LogP contribution is 2.53. The van der Waals surface area contributed by atoms with E-state index in [0.29, 0.717) is 6.04 Å².